The van der Waals surface area contributed by atoms with Crippen LogP contribution in [0.4, 0.5) is 0 Å². The molecular formula is C24H29N3O5S. The van der Waals surface area contributed by atoms with Crippen LogP contribution in [0.5, 0.6) is 5.75 Å². The number of phenols is 1. The molecule has 8 nitrogen and oxygen atoms in total. The summed E-state index contributed by atoms with van der Waals surface area (Å²) in [6.45, 7) is 1.41. The highest BCUT2D eigenvalue weighted by Crippen LogP contribution is 2.21. The third-order valence-electron chi connectivity index (χ3n) is 5.46. The first-order chi connectivity index (χ1) is 15.8. The molecule has 0 saturated carbocycles. The summed E-state index contributed by atoms with van der Waals surface area (Å²) in [6, 6.07) is 15.3. The highest BCUT2D eigenvalue weighted by atomic mass is 32.2. The molecule has 0 aromatic heterocycles. The summed E-state index contributed by atoms with van der Waals surface area (Å²) in [7, 11) is -3.52. The van der Waals surface area contributed by atoms with Gasteiger partial charge in [0.05, 0.1) is 0 Å². The molecule has 2 amide bonds. The van der Waals surface area contributed by atoms with E-state index in [2.05, 4.69) is 10.6 Å². The third-order valence-corrected chi connectivity index (χ3v) is 7.03. The topological polar surface area (TPSA) is 116 Å². The fourth-order valence-corrected chi connectivity index (χ4v) is 4.80. The van der Waals surface area contributed by atoms with Gasteiger partial charge in [0.15, 0.2) is 0 Å². The van der Waals surface area contributed by atoms with Gasteiger partial charge in [-0.2, -0.15) is 4.31 Å². The summed E-state index contributed by atoms with van der Waals surface area (Å²) in [5.74, 6) is -0.573. The van der Waals surface area contributed by atoms with Crippen LogP contribution in [0.25, 0.3) is 6.08 Å². The number of nitrogens with zero attached hydrogens (tertiary/aromatic N) is 1. The molecule has 1 aliphatic heterocycles. The number of amides is 2. The van der Waals surface area contributed by atoms with Gasteiger partial charge in [-0.1, -0.05) is 36.4 Å². The van der Waals surface area contributed by atoms with Gasteiger partial charge in [-0.25, -0.2) is 8.42 Å². The number of benzene rings is 2. The van der Waals surface area contributed by atoms with Crippen molar-refractivity contribution in [3.8, 4) is 5.75 Å². The van der Waals surface area contributed by atoms with Crippen molar-refractivity contribution in [2.75, 3.05) is 26.2 Å². The molecule has 3 N–H and O–H groups in total. The van der Waals surface area contributed by atoms with Crippen LogP contribution in [-0.2, 0) is 14.8 Å². The average Bonchev–Trinajstić information content (AvgIpc) is 2.83. The Hall–Kier alpha value is -3.17. The number of sulfonamides is 1. The van der Waals surface area contributed by atoms with Crippen molar-refractivity contribution < 1.29 is 23.1 Å². The molecule has 3 rings (SSSR count). The van der Waals surface area contributed by atoms with Crippen LogP contribution in [-0.4, -0.2) is 55.8 Å². The largest absolute Gasteiger partial charge is 0.508 e. The zero-order valence-electron chi connectivity index (χ0n) is 18.3. The summed E-state index contributed by atoms with van der Waals surface area (Å²) in [5.41, 5.74) is 1.19. The van der Waals surface area contributed by atoms with Gasteiger partial charge >= 0.3 is 0 Å². The molecule has 0 unspecified atom stereocenters. The number of rotatable bonds is 9. The van der Waals surface area contributed by atoms with Gasteiger partial charge in [-0.3, -0.25) is 9.59 Å². The van der Waals surface area contributed by atoms with Crippen molar-refractivity contribution in [3.63, 3.8) is 0 Å². The van der Waals surface area contributed by atoms with Crippen molar-refractivity contribution in [2.24, 2.45) is 5.92 Å². The summed E-state index contributed by atoms with van der Waals surface area (Å²) in [4.78, 5) is 24.4. The average molecular weight is 472 g/mol. The molecule has 1 fully saturated rings. The Bertz CT molecular complexity index is 1080. The predicted octanol–water partition coefficient (Wildman–Crippen LogP) is 2.34. The van der Waals surface area contributed by atoms with Gasteiger partial charge < -0.3 is 15.7 Å². The minimum atomic E-state index is -3.52. The van der Waals surface area contributed by atoms with Crippen molar-refractivity contribution in [1.29, 1.82) is 0 Å². The summed E-state index contributed by atoms with van der Waals surface area (Å²) in [6.07, 6.45) is 3.08. The summed E-state index contributed by atoms with van der Waals surface area (Å²) in [5, 5.41) is 16.2. The zero-order valence-corrected chi connectivity index (χ0v) is 19.1. The minimum absolute atomic E-state index is 0.0287. The lowest BCUT2D eigenvalue weighted by Crippen LogP contribution is -2.42. The molecule has 0 aliphatic carbocycles. The van der Waals surface area contributed by atoms with E-state index in [1.807, 2.05) is 30.3 Å². The van der Waals surface area contributed by atoms with E-state index in [0.29, 0.717) is 51.0 Å². The molecule has 176 valence electrons. The SMILES string of the molecule is O=C(NCCCNC(=O)C1CCN(S(=O)(=O)/C=C/c2ccccc2)CC1)c1cccc(O)c1. The van der Waals surface area contributed by atoms with Crippen LogP contribution in [0.1, 0.15) is 35.2 Å². The van der Waals surface area contributed by atoms with E-state index in [4.69, 9.17) is 0 Å². The Morgan fingerprint density at radius 1 is 1.00 bits per heavy atom. The first kappa shape index (κ1) is 24.5. The Morgan fingerprint density at radius 2 is 1.70 bits per heavy atom. The van der Waals surface area contributed by atoms with E-state index in [1.165, 1.54) is 21.8 Å². The number of carbonyl (C=O) groups is 2. The van der Waals surface area contributed by atoms with Crippen molar-refractivity contribution >= 4 is 27.9 Å². The molecule has 0 radical (unpaired) electrons. The van der Waals surface area contributed by atoms with E-state index in [9.17, 15) is 23.1 Å². The quantitative estimate of drug-likeness (QED) is 0.486. The van der Waals surface area contributed by atoms with Crippen LogP contribution < -0.4 is 10.6 Å². The fraction of sp³-hybridized carbons (Fsp3) is 0.333. The van der Waals surface area contributed by atoms with Gasteiger partial charge in [-0.15, -0.1) is 0 Å². The standard InChI is InChI=1S/C24H29N3O5S/c28-22-9-4-8-21(18-22)24(30)26-14-5-13-25-23(29)20-10-15-27(16-11-20)33(31,32)17-12-19-6-2-1-3-7-19/h1-4,6-9,12,17-18,20,28H,5,10-11,13-16H2,(H,25,29)(H,26,30)/b17-12+. The number of piperidine rings is 1. The zero-order chi connectivity index (χ0) is 23.7. The number of hydrogen-bond donors (Lipinski definition) is 3. The molecule has 9 heteroatoms. The van der Waals surface area contributed by atoms with Crippen LogP contribution in [0.15, 0.2) is 60.0 Å². The second-order valence-corrected chi connectivity index (χ2v) is 9.70. The molecular weight excluding hydrogens is 442 g/mol. The van der Waals surface area contributed by atoms with Crippen molar-refractivity contribution in [2.45, 2.75) is 19.3 Å². The van der Waals surface area contributed by atoms with E-state index in [1.54, 1.807) is 18.2 Å². The highest BCUT2D eigenvalue weighted by molar-refractivity contribution is 7.92. The van der Waals surface area contributed by atoms with Crippen molar-refractivity contribution in [1.82, 2.24) is 14.9 Å². The Morgan fingerprint density at radius 3 is 2.39 bits per heavy atom. The minimum Gasteiger partial charge on any atom is -0.508 e. The first-order valence-corrected chi connectivity index (χ1v) is 12.4. The molecule has 1 heterocycles. The normalized spacial score (nSPS) is 15.4. The summed E-state index contributed by atoms with van der Waals surface area (Å²) >= 11 is 0. The van der Waals surface area contributed by atoms with E-state index in [-0.39, 0.29) is 23.5 Å². The monoisotopic (exact) mass is 471 g/mol. The number of hydrogen-bond acceptors (Lipinski definition) is 5. The highest BCUT2D eigenvalue weighted by Gasteiger charge is 2.29. The maximum atomic E-state index is 12.5. The fourth-order valence-electron chi connectivity index (χ4n) is 3.58. The molecule has 1 saturated heterocycles. The molecule has 0 atom stereocenters. The van der Waals surface area contributed by atoms with Gasteiger partial charge in [-0.05, 0) is 49.1 Å². The van der Waals surface area contributed by atoms with E-state index >= 15 is 0 Å². The van der Waals surface area contributed by atoms with Crippen LogP contribution >= 0.6 is 0 Å². The Balaban J connectivity index is 1.35. The number of carbonyl (C=O) groups excluding carboxylic acids is 2. The van der Waals surface area contributed by atoms with Crippen molar-refractivity contribution in [3.05, 3.63) is 71.1 Å². The number of phenolic OH excluding ortho intramolecular Hbond substituents is 1. The molecule has 2 aromatic rings. The molecule has 0 bridgehead atoms. The Labute approximate surface area is 194 Å². The molecule has 2 aromatic carbocycles. The number of aromatic hydroxyl groups is 1. The van der Waals surface area contributed by atoms with E-state index < -0.39 is 10.0 Å². The van der Waals surface area contributed by atoms with Crippen LogP contribution in [0, 0.1) is 5.92 Å². The second-order valence-electron chi connectivity index (χ2n) is 7.88. The lowest BCUT2D eigenvalue weighted by molar-refractivity contribution is -0.126. The van der Waals surface area contributed by atoms with Gasteiger partial charge in [0.1, 0.15) is 5.75 Å². The molecule has 1 aliphatic rings. The smallest absolute Gasteiger partial charge is 0.251 e. The summed E-state index contributed by atoms with van der Waals surface area (Å²) < 4.78 is 26.5. The lowest BCUT2D eigenvalue weighted by Gasteiger charge is -2.29. The maximum absolute atomic E-state index is 12.5. The van der Waals surface area contributed by atoms with Gasteiger partial charge in [0.2, 0.25) is 15.9 Å². The molecule has 33 heavy (non-hydrogen) atoms. The third kappa shape index (κ3) is 7.44. The Kier molecular flexibility index (Phi) is 8.62. The van der Waals surface area contributed by atoms with Crippen LogP contribution in [0.2, 0.25) is 0 Å². The predicted molar refractivity (Wildman–Crippen MR) is 127 cm³/mol. The lowest BCUT2D eigenvalue weighted by atomic mass is 9.97. The molecule has 0 spiro atoms. The first-order valence-electron chi connectivity index (χ1n) is 10.9. The second kappa shape index (κ2) is 11.6. The number of nitrogens with one attached hydrogen (secondary N) is 2. The van der Waals surface area contributed by atoms with Gasteiger partial charge in [0, 0.05) is 43.1 Å². The van der Waals surface area contributed by atoms with E-state index in [0.717, 1.165) is 5.56 Å². The maximum Gasteiger partial charge on any atom is 0.251 e. The van der Waals surface area contributed by atoms with Gasteiger partial charge in [0.25, 0.3) is 5.91 Å². The van der Waals surface area contributed by atoms with Crippen LogP contribution in [0.3, 0.4) is 0 Å².